The fourth-order valence-corrected chi connectivity index (χ4v) is 4.53. The average Bonchev–Trinajstić information content (AvgIpc) is 2.74. The molecule has 5 nitrogen and oxygen atoms in total. The van der Waals surface area contributed by atoms with E-state index in [1.807, 2.05) is 11.5 Å². The van der Waals surface area contributed by atoms with Crippen molar-refractivity contribution in [3.8, 4) is 0 Å². The van der Waals surface area contributed by atoms with Gasteiger partial charge in [0.05, 0.1) is 10.3 Å². The van der Waals surface area contributed by atoms with Crippen LogP contribution in [0.3, 0.4) is 0 Å². The van der Waals surface area contributed by atoms with Gasteiger partial charge in [0.25, 0.3) is 11.5 Å². The number of aryl methyl sites for hydroxylation is 2. The number of hydrogen-bond acceptors (Lipinski definition) is 4. The number of fused-ring (bicyclic) bond motifs is 2. The molecule has 0 aromatic carbocycles. The maximum Gasteiger partial charge on any atom is 0.262 e. The normalized spacial score (nSPS) is 14.6. The lowest BCUT2D eigenvalue weighted by Gasteiger charge is -2.08. The van der Waals surface area contributed by atoms with Crippen molar-refractivity contribution < 1.29 is 4.79 Å². The summed E-state index contributed by atoms with van der Waals surface area (Å²) < 4.78 is 1.82. The van der Waals surface area contributed by atoms with Crippen molar-refractivity contribution in [2.75, 3.05) is 6.54 Å². The lowest BCUT2D eigenvalue weighted by Crippen LogP contribution is -2.25. The third-order valence-electron chi connectivity index (χ3n) is 4.86. The zero-order valence-corrected chi connectivity index (χ0v) is 16.2. The molecule has 0 saturated carbocycles. The number of thiophene rings is 1. The summed E-state index contributed by atoms with van der Waals surface area (Å²) in [5.74, 6) is 1.44. The quantitative estimate of drug-likeness (QED) is 0.827. The molecule has 3 heterocycles. The summed E-state index contributed by atoms with van der Waals surface area (Å²) in [4.78, 5) is 31.5. The van der Waals surface area contributed by atoms with Crippen LogP contribution < -0.4 is 10.9 Å². The molecule has 0 spiro atoms. The van der Waals surface area contributed by atoms with Crippen LogP contribution >= 0.6 is 11.3 Å². The molecular formula is C19H27N3O2S. The summed E-state index contributed by atoms with van der Waals surface area (Å²) in [7, 11) is 0. The maximum atomic E-state index is 12.9. The Morgan fingerprint density at radius 1 is 1.32 bits per heavy atom. The summed E-state index contributed by atoms with van der Waals surface area (Å²) in [6.45, 7) is 7.65. The van der Waals surface area contributed by atoms with E-state index in [4.69, 9.17) is 4.98 Å². The molecular weight excluding hydrogens is 334 g/mol. The number of rotatable bonds is 5. The van der Waals surface area contributed by atoms with Crippen molar-refractivity contribution >= 4 is 27.5 Å². The first-order valence-electron chi connectivity index (χ1n) is 9.30. The lowest BCUT2D eigenvalue weighted by atomic mass is 10.1. The van der Waals surface area contributed by atoms with Gasteiger partial charge in [-0.15, -0.1) is 11.3 Å². The molecule has 6 heteroatoms. The van der Waals surface area contributed by atoms with Crippen LogP contribution in [0.2, 0.25) is 0 Å². The summed E-state index contributed by atoms with van der Waals surface area (Å²) in [5.41, 5.74) is 0.799. The van der Waals surface area contributed by atoms with Gasteiger partial charge in [-0.2, -0.15) is 0 Å². The summed E-state index contributed by atoms with van der Waals surface area (Å²) in [5, 5.41) is 3.62. The Labute approximate surface area is 152 Å². The molecule has 25 heavy (non-hydrogen) atoms. The van der Waals surface area contributed by atoms with E-state index in [2.05, 4.69) is 19.2 Å². The molecule has 0 bridgehead atoms. The number of carbonyl (C=O) groups excluding carboxylic acids is 1. The van der Waals surface area contributed by atoms with Gasteiger partial charge in [-0.05, 0) is 44.1 Å². The zero-order valence-electron chi connectivity index (χ0n) is 15.4. The Morgan fingerprint density at radius 3 is 2.88 bits per heavy atom. The Hall–Kier alpha value is -1.69. The monoisotopic (exact) mass is 361 g/mol. The van der Waals surface area contributed by atoms with Gasteiger partial charge in [0.2, 0.25) is 0 Å². The van der Waals surface area contributed by atoms with Crippen LogP contribution in [0, 0.1) is 12.8 Å². The minimum absolute atomic E-state index is 0.0227. The smallest absolute Gasteiger partial charge is 0.262 e. The molecule has 136 valence electrons. The second kappa shape index (κ2) is 7.68. The van der Waals surface area contributed by atoms with Crippen LogP contribution in [0.25, 0.3) is 10.2 Å². The summed E-state index contributed by atoms with van der Waals surface area (Å²) >= 11 is 1.35. The van der Waals surface area contributed by atoms with Gasteiger partial charge in [-0.3, -0.25) is 14.2 Å². The maximum absolute atomic E-state index is 12.9. The Bertz CT molecular complexity index is 835. The summed E-state index contributed by atoms with van der Waals surface area (Å²) in [6, 6.07) is 0. The van der Waals surface area contributed by atoms with Crippen LogP contribution in [0.5, 0.6) is 0 Å². The van der Waals surface area contributed by atoms with Gasteiger partial charge in [0, 0.05) is 19.5 Å². The lowest BCUT2D eigenvalue weighted by molar-refractivity contribution is 0.0956. The number of nitrogens with zero attached hydrogens (tertiary/aromatic N) is 2. The predicted octanol–water partition coefficient (Wildman–Crippen LogP) is 3.66. The van der Waals surface area contributed by atoms with Gasteiger partial charge in [0.15, 0.2) is 0 Å². The Kier molecular flexibility index (Phi) is 5.57. The first-order chi connectivity index (χ1) is 12.0. The van der Waals surface area contributed by atoms with Gasteiger partial charge in [-0.25, -0.2) is 4.98 Å². The van der Waals surface area contributed by atoms with Crippen LogP contribution in [0.1, 0.15) is 67.0 Å². The molecule has 0 fully saturated rings. The van der Waals surface area contributed by atoms with Crippen molar-refractivity contribution in [2.24, 2.45) is 5.92 Å². The third-order valence-corrected chi connectivity index (χ3v) is 6.05. The minimum Gasteiger partial charge on any atom is -0.351 e. The second-order valence-electron chi connectivity index (χ2n) is 7.32. The number of nitrogens with one attached hydrogen (secondary N) is 1. The van der Waals surface area contributed by atoms with Crippen molar-refractivity contribution in [1.82, 2.24) is 14.9 Å². The Morgan fingerprint density at radius 2 is 2.12 bits per heavy atom. The summed E-state index contributed by atoms with van der Waals surface area (Å²) in [6.07, 6.45) is 6.15. The number of amides is 1. The molecule has 1 N–H and O–H groups in total. The van der Waals surface area contributed by atoms with Crippen LogP contribution in [0.4, 0.5) is 0 Å². The molecule has 1 aliphatic rings. The van der Waals surface area contributed by atoms with Crippen LogP contribution in [0.15, 0.2) is 4.79 Å². The molecule has 0 aliphatic carbocycles. The van der Waals surface area contributed by atoms with E-state index >= 15 is 0 Å². The standard InChI is InChI=1S/C19H27N3O2S/c1-12(2)8-7-10-20-17(23)16-13(3)15-18(25-16)21-14-9-5-4-6-11-22(14)19(15)24/h12H,4-11H2,1-3H3,(H,20,23). The third kappa shape index (κ3) is 3.78. The van der Waals surface area contributed by atoms with Gasteiger partial charge in [0.1, 0.15) is 10.7 Å². The largest absolute Gasteiger partial charge is 0.351 e. The minimum atomic E-state index is -0.0798. The molecule has 0 radical (unpaired) electrons. The highest BCUT2D eigenvalue weighted by Crippen LogP contribution is 2.28. The number of hydrogen-bond donors (Lipinski definition) is 1. The van der Waals surface area contributed by atoms with E-state index < -0.39 is 0 Å². The Balaban J connectivity index is 1.88. The fraction of sp³-hybridized carbons (Fsp3) is 0.632. The van der Waals surface area contributed by atoms with Gasteiger partial charge in [-0.1, -0.05) is 20.3 Å². The van der Waals surface area contributed by atoms with E-state index in [-0.39, 0.29) is 11.5 Å². The zero-order chi connectivity index (χ0) is 18.0. The highest BCUT2D eigenvalue weighted by atomic mass is 32.1. The molecule has 1 aliphatic heterocycles. The van der Waals surface area contributed by atoms with Crippen molar-refractivity contribution in [1.29, 1.82) is 0 Å². The van der Waals surface area contributed by atoms with Gasteiger partial charge >= 0.3 is 0 Å². The fourth-order valence-electron chi connectivity index (χ4n) is 3.42. The highest BCUT2D eigenvalue weighted by molar-refractivity contribution is 7.20. The van der Waals surface area contributed by atoms with Crippen molar-refractivity contribution in [3.63, 3.8) is 0 Å². The first-order valence-corrected chi connectivity index (χ1v) is 10.1. The van der Waals surface area contributed by atoms with Crippen molar-refractivity contribution in [3.05, 3.63) is 26.6 Å². The highest BCUT2D eigenvalue weighted by Gasteiger charge is 2.22. The average molecular weight is 362 g/mol. The van der Waals surface area contributed by atoms with E-state index in [0.717, 1.165) is 56.5 Å². The molecule has 2 aromatic heterocycles. The molecule has 3 rings (SSSR count). The SMILES string of the molecule is Cc1c(C(=O)NCCCC(C)C)sc2nc3n(c(=O)c12)CCCCC3. The van der Waals surface area contributed by atoms with Crippen LogP contribution in [-0.2, 0) is 13.0 Å². The molecule has 0 saturated heterocycles. The van der Waals surface area contributed by atoms with E-state index in [1.54, 1.807) is 0 Å². The molecule has 0 atom stereocenters. The molecule has 1 amide bonds. The van der Waals surface area contributed by atoms with Crippen molar-refractivity contribution in [2.45, 2.75) is 65.8 Å². The molecule has 0 unspecified atom stereocenters. The van der Waals surface area contributed by atoms with E-state index in [9.17, 15) is 9.59 Å². The van der Waals surface area contributed by atoms with E-state index in [0.29, 0.717) is 27.6 Å². The topological polar surface area (TPSA) is 64.0 Å². The predicted molar refractivity (Wildman–Crippen MR) is 103 cm³/mol. The molecule has 2 aromatic rings. The van der Waals surface area contributed by atoms with Gasteiger partial charge < -0.3 is 5.32 Å². The van der Waals surface area contributed by atoms with E-state index in [1.165, 1.54) is 11.3 Å². The second-order valence-corrected chi connectivity index (χ2v) is 8.32. The first kappa shape index (κ1) is 18.1. The number of aromatic nitrogens is 2. The number of carbonyl (C=O) groups is 1. The van der Waals surface area contributed by atoms with Crippen LogP contribution in [-0.4, -0.2) is 22.0 Å².